The normalized spacial score (nSPS) is 11.3. The lowest BCUT2D eigenvalue weighted by molar-refractivity contribution is 0.318. The Hall–Kier alpha value is -2.33. The van der Waals surface area contributed by atoms with Crippen molar-refractivity contribution in [3.63, 3.8) is 0 Å². The molecule has 3 rings (SSSR count). The van der Waals surface area contributed by atoms with Gasteiger partial charge in [0.1, 0.15) is 11.5 Å². The molecule has 0 saturated heterocycles. The average molecular weight is 323 g/mol. The van der Waals surface area contributed by atoms with Crippen LogP contribution in [0.3, 0.4) is 0 Å². The number of nitrogens with zero attached hydrogens (tertiary/aromatic N) is 2. The van der Waals surface area contributed by atoms with Crippen molar-refractivity contribution in [2.45, 2.75) is 33.2 Å². The van der Waals surface area contributed by atoms with E-state index in [1.165, 1.54) is 12.8 Å². The van der Waals surface area contributed by atoms with E-state index in [2.05, 4.69) is 48.1 Å². The molecule has 1 aromatic heterocycles. The number of benzene rings is 2. The molecule has 0 aliphatic rings. The predicted molar refractivity (Wildman–Crippen MR) is 98.6 cm³/mol. The fourth-order valence-electron chi connectivity index (χ4n) is 2.80. The summed E-state index contributed by atoms with van der Waals surface area (Å²) < 4.78 is 6.06. The van der Waals surface area contributed by atoms with Crippen molar-refractivity contribution < 1.29 is 4.74 Å². The molecule has 0 bridgehead atoms. The number of hydrogen-bond donors (Lipinski definition) is 1. The Kier molecular flexibility index (Phi) is 5.16. The average Bonchev–Trinajstić information content (AvgIpc) is 2.97. The summed E-state index contributed by atoms with van der Waals surface area (Å²) in [6, 6.07) is 14.1. The number of rotatable bonds is 7. The molecule has 0 aliphatic carbocycles. The van der Waals surface area contributed by atoms with Crippen LogP contribution in [0.1, 0.15) is 31.0 Å². The van der Waals surface area contributed by atoms with Gasteiger partial charge in [-0.1, -0.05) is 31.5 Å². The molecular formula is C20H25N3O. The number of aromatic nitrogens is 2. The van der Waals surface area contributed by atoms with Gasteiger partial charge in [0.15, 0.2) is 0 Å². The van der Waals surface area contributed by atoms with Crippen LogP contribution in [0.4, 0.5) is 0 Å². The molecule has 4 heteroatoms. The Bertz CT molecular complexity index is 810. The maximum atomic E-state index is 6.06. The Morgan fingerprint density at radius 1 is 1.17 bits per heavy atom. The van der Waals surface area contributed by atoms with Crippen LogP contribution in [0.25, 0.3) is 10.9 Å². The number of hydrogen-bond acceptors (Lipinski definition) is 3. The van der Waals surface area contributed by atoms with E-state index in [0.29, 0.717) is 0 Å². The number of ether oxygens (including phenoxy) is 1. The second-order valence-corrected chi connectivity index (χ2v) is 6.34. The zero-order valence-electron chi connectivity index (χ0n) is 14.7. The minimum atomic E-state index is 0.843. The van der Waals surface area contributed by atoms with Crippen LogP contribution in [-0.2, 0) is 6.54 Å². The molecule has 3 aromatic rings. The highest BCUT2D eigenvalue weighted by atomic mass is 16.5. The number of fused-ring (bicyclic) bond motifs is 1. The fourth-order valence-corrected chi connectivity index (χ4v) is 2.80. The van der Waals surface area contributed by atoms with Crippen LogP contribution >= 0.6 is 0 Å². The summed E-state index contributed by atoms with van der Waals surface area (Å²) in [7, 11) is 2.15. The summed E-state index contributed by atoms with van der Waals surface area (Å²) >= 11 is 0. The highest BCUT2D eigenvalue weighted by molar-refractivity contribution is 5.82. The summed E-state index contributed by atoms with van der Waals surface area (Å²) in [5.74, 6) is 1.73. The van der Waals surface area contributed by atoms with Crippen LogP contribution in [0.2, 0.25) is 0 Å². The van der Waals surface area contributed by atoms with E-state index >= 15 is 0 Å². The number of H-pyrrole nitrogens is 1. The Morgan fingerprint density at radius 2 is 2.00 bits per heavy atom. The van der Waals surface area contributed by atoms with Crippen molar-refractivity contribution in [3.05, 3.63) is 53.7 Å². The molecule has 0 spiro atoms. The van der Waals surface area contributed by atoms with Crippen LogP contribution in [0.15, 0.2) is 42.5 Å². The van der Waals surface area contributed by atoms with Gasteiger partial charge in [0.2, 0.25) is 0 Å². The first-order chi connectivity index (χ1) is 11.7. The van der Waals surface area contributed by atoms with Gasteiger partial charge in [0, 0.05) is 11.9 Å². The molecule has 0 saturated carbocycles. The largest absolute Gasteiger partial charge is 0.457 e. The first kappa shape index (κ1) is 16.5. The zero-order chi connectivity index (χ0) is 16.9. The molecule has 24 heavy (non-hydrogen) atoms. The topological polar surface area (TPSA) is 41.2 Å². The van der Waals surface area contributed by atoms with Crippen LogP contribution in [0.5, 0.6) is 11.5 Å². The molecule has 1 heterocycles. The molecule has 0 atom stereocenters. The van der Waals surface area contributed by atoms with Crippen molar-refractivity contribution in [2.24, 2.45) is 0 Å². The lowest BCUT2D eigenvalue weighted by Gasteiger charge is -2.15. The third kappa shape index (κ3) is 3.77. The summed E-state index contributed by atoms with van der Waals surface area (Å²) in [6.45, 7) is 6.23. The Balaban J connectivity index is 1.82. The minimum Gasteiger partial charge on any atom is -0.457 e. The lowest BCUT2D eigenvalue weighted by atomic mass is 10.2. The first-order valence-corrected chi connectivity index (χ1v) is 8.56. The summed E-state index contributed by atoms with van der Waals surface area (Å²) in [6.07, 6.45) is 2.42. The molecule has 0 amide bonds. The van der Waals surface area contributed by atoms with Gasteiger partial charge in [-0.2, -0.15) is 5.10 Å². The second-order valence-electron chi connectivity index (χ2n) is 6.34. The molecule has 2 aromatic carbocycles. The van der Waals surface area contributed by atoms with E-state index in [1.54, 1.807) is 0 Å². The van der Waals surface area contributed by atoms with Gasteiger partial charge >= 0.3 is 0 Å². The van der Waals surface area contributed by atoms with Crippen LogP contribution in [0, 0.1) is 6.92 Å². The summed E-state index contributed by atoms with van der Waals surface area (Å²) in [5, 5.41) is 8.72. The van der Waals surface area contributed by atoms with Crippen molar-refractivity contribution in [3.8, 4) is 11.5 Å². The summed E-state index contributed by atoms with van der Waals surface area (Å²) in [4.78, 5) is 2.32. The number of para-hydroxylation sites is 1. The van der Waals surface area contributed by atoms with E-state index in [0.717, 1.165) is 46.7 Å². The number of nitrogens with one attached hydrogen (secondary N) is 1. The van der Waals surface area contributed by atoms with Gasteiger partial charge in [-0.3, -0.25) is 5.10 Å². The van der Waals surface area contributed by atoms with Crippen molar-refractivity contribution >= 4 is 10.9 Å². The standard InChI is InChI=1S/C20H25N3O/c1-4-5-12-23(3)14-19-17-13-16(10-11-18(17)21-22-19)24-20-9-7-6-8-15(20)2/h6-11,13H,4-5,12,14H2,1-3H3,(H,21,22). The predicted octanol–water partition coefficient (Wildman–Crippen LogP) is 4.90. The van der Waals surface area contributed by atoms with Gasteiger partial charge in [0.25, 0.3) is 0 Å². The third-order valence-electron chi connectivity index (χ3n) is 4.25. The van der Waals surface area contributed by atoms with Crippen LogP contribution in [-0.4, -0.2) is 28.7 Å². The van der Waals surface area contributed by atoms with E-state index in [1.807, 2.05) is 30.3 Å². The third-order valence-corrected chi connectivity index (χ3v) is 4.25. The number of aromatic amines is 1. The Labute approximate surface area is 143 Å². The van der Waals surface area contributed by atoms with E-state index in [4.69, 9.17) is 4.74 Å². The van der Waals surface area contributed by atoms with Gasteiger partial charge in [0.05, 0.1) is 11.2 Å². The summed E-state index contributed by atoms with van der Waals surface area (Å²) in [5.41, 5.74) is 3.24. The van der Waals surface area contributed by atoms with Gasteiger partial charge in [-0.05, 0) is 56.8 Å². The highest BCUT2D eigenvalue weighted by Crippen LogP contribution is 2.28. The monoisotopic (exact) mass is 323 g/mol. The second kappa shape index (κ2) is 7.49. The van der Waals surface area contributed by atoms with E-state index in [9.17, 15) is 0 Å². The molecule has 1 N–H and O–H groups in total. The maximum absolute atomic E-state index is 6.06. The molecule has 0 fully saturated rings. The van der Waals surface area contributed by atoms with Crippen LogP contribution < -0.4 is 4.74 Å². The minimum absolute atomic E-state index is 0.843. The molecule has 126 valence electrons. The smallest absolute Gasteiger partial charge is 0.130 e. The lowest BCUT2D eigenvalue weighted by Crippen LogP contribution is -2.19. The van der Waals surface area contributed by atoms with Crippen molar-refractivity contribution in [2.75, 3.05) is 13.6 Å². The molecule has 0 unspecified atom stereocenters. The quantitative estimate of drug-likeness (QED) is 0.672. The fraction of sp³-hybridized carbons (Fsp3) is 0.350. The maximum Gasteiger partial charge on any atom is 0.130 e. The van der Waals surface area contributed by atoms with Crippen molar-refractivity contribution in [1.82, 2.24) is 15.1 Å². The Morgan fingerprint density at radius 3 is 2.79 bits per heavy atom. The zero-order valence-corrected chi connectivity index (χ0v) is 14.7. The first-order valence-electron chi connectivity index (χ1n) is 8.56. The molecular weight excluding hydrogens is 298 g/mol. The van der Waals surface area contributed by atoms with Gasteiger partial charge < -0.3 is 9.64 Å². The van der Waals surface area contributed by atoms with Crippen molar-refractivity contribution in [1.29, 1.82) is 0 Å². The van der Waals surface area contributed by atoms with E-state index < -0.39 is 0 Å². The molecule has 0 radical (unpaired) electrons. The molecule has 4 nitrogen and oxygen atoms in total. The number of unbranched alkanes of at least 4 members (excludes halogenated alkanes) is 1. The van der Waals surface area contributed by atoms with Gasteiger partial charge in [-0.25, -0.2) is 0 Å². The number of aryl methyl sites for hydroxylation is 1. The highest BCUT2D eigenvalue weighted by Gasteiger charge is 2.10. The van der Waals surface area contributed by atoms with E-state index in [-0.39, 0.29) is 0 Å². The van der Waals surface area contributed by atoms with Gasteiger partial charge in [-0.15, -0.1) is 0 Å². The molecule has 0 aliphatic heterocycles. The SMILES string of the molecule is CCCCN(C)Cc1[nH]nc2ccc(Oc3ccccc3C)cc12.